The van der Waals surface area contributed by atoms with E-state index >= 15 is 0 Å². The maximum atomic E-state index is 13.4. The van der Waals surface area contributed by atoms with Gasteiger partial charge in [0.1, 0.15) is 5.75 Å². The van der Waals surface area contributed by atoms with Crippen molar-refractivity contribution in [3.63, 3.8) is 0 Å². The fourth-order valence-corrected chi connectivity index (χ4v) is 5.36. The Labute approximate surface area is 232 Å². The number of piperidine rings is 1. The molecule has 5 rings (SSSR count). The topological polar surface area (TPSA) is 54.9 Å². The van der Waals surface area contributed by atoms with Crippen molar-refractivity contribution in [1.29, 1.82) is 0 Å². The molecule has 6 nitrogen and oxygen atoms in total. The molecule has 0 aliphatic carbocycles. The number of carbonyl (C=O) groups excluding carboxylic acids is 1. The number of pyridine rings is 1. The van der Waals surface area contributed by atoms with Gasteiger partial charge in [0.2, 0.25) is 0 Å². The van der Waals surface area contributed by atoms with Gasteiger partial charge in [-0.1, -0.05) is 42.5 Å². The molecular formula is C31H32F3N3O3. The van der Waals surface area contributed by atoms with Gasteiger partial charge in [0.15, 0.2) is 0 Å². The number of benzene rings is 2. The van der Waals surface area contributed by atoms with Crippen LogP contribution in [0.1, 0.15) is 29.2 Å². The highest BCUT2D eigenvalue weighted by molar-refractivity contribution is 5.75. The lowest BCUT2D eigenvalue weighted by Crippen LogP contribution is -2.52. The number of halogens is 3. The zero-order valence-electron chi connectivity index (χ0n) is 22.3. The number of hydrogen-bond donors (Lipinski definition) is 0. The molecule has 3 heterocycles. The number of para-hydroxylation sites is 1. The first-order chi connectivity index (χ1) is 19.3. The largest absolute Gasteiger partial charge is 0.496 e. The molecule has 0 spiro atoms. The van der Waals surface area contributed by atoms with E-state index in [1.165, 1.54) is 12.1 Å². The second-order valence-corrected chi connectivity index (χ2v) is 10.1. The fourth-order valence-electron chi connectivity index (χ4n) is 5.36. The number of morpholine rings is 1. The van der Waals surface area contributed by atoms with Crippen LogP contribution in [0, 0.1) is 5.92 Å². The number of urea groups is 1. The van der Waals surface area contributed by atoms with Crippen molar-refractivity contribution in [3.8, 4) is 16.9 Å². The number of methoxy groups -OCH3 is 1. The Hall–Kier alpha value is -3.85. The molecule has 0 radical (unpaired) electrons. The molecule has 0 bridgehead atoms. The van der Waals surface area contributed by atoms with Crippen LogP contribution in [0.5, 0.6) is 5.75 Å². The molecule has 2 aromatic carbocycles. The van der Waals surface area contributed by atoms with E-state index in [1.807, 2.05) is 47.4 Å². The standard InChI is InChI=1S/C31H32F3N3O3/c1-39-29-5-3-2-4-28(29)24-9-13-27(35-19-24)12-6-22-18-25(23-7-10-26(11-8-23)31(32,33)34)21-37(20-22)30(38)36-14-16-40-17-15-36/h2-13,19,22,25H,14-18,20-21H2,1H3/b12-6+/t22-,25+/m1/s1. The molecule has 2 atom stereocenters. The van der Waals surface area contributed by atoms with Gasteiger partial charge < -0.3 is 19.3 Å². The van der Waals surface area contributed by atoms with Crippen LogP contribution in [0.3, 0.4) is 0 Å². The van der Waals surface area contributed by atoms with Crippen LogP contribution in [0.2, 0.25) is 0 Å². The Balaban J connectivity index is 1.34. The number of carbonyl (C=O) groups is 1. The summed E-state index contributed by atoms with van der Waals surface area (Å²) >= 11 is 0. The minimum atomic E-state index is -4.39. The Bertz CT molecular complexity index is 1320. The Morgan fingerprint density at radius 2 is 1.75 bits per heavy atom. The maximum Gasteiger partial charge on any atom is 0.416 e. The van der Waals surface area contributed by atoms with Gasteiger partial charge >= 0.3 is 12.2 Å². The second-order valence-electron chi connectivity index (χ2n) is 10.1. The molecule has 2 aliphatic heterocycles. The predicted octanol–water partition coefficient (Wildman–Crippen LogP) is 6.35. The van der Waals surface area contributed by atoms with Gasteiger partial charge in [0, 0.05) is 49.4 Å². The third kappa shape index (κ3) is 6.47. The molecule has 2 fully saturated rings. The number of nitrogens with zero attached hydrogens (tertiary/aromatic N) is 3. The molecule has 2 amide bonds. The summed E-state index contributed by atoms with van der Waals surface area (Å²) in [6.45, 7) is 3.05. The lowest BCUT2D eigenvalue weighted by molar-refractivity contribution is -0.137. The van der Waals surface area contributed by atoms with Gasteiger partial charge in [-0.25, -0.2) is 4.79 Å². The molecule has 1 aromatic heterocycles. The molecule has 0 N–H and O–H groups in total. The fraction of sp³-hybridized carbons (Fsp3) is 0.355. The highest BCUT2D eigenvalue weighted by Gasteiger charge is 2.34. The van der Waals surface area contributed by atoms with Crippen LogP contribution in [0.15, 0.2) is 72.9 Å². The van der Waals surface area contributed by atoms with Crippen molar-refractivity contribution in [2.24, 2.45) is 5.92 Å². The summed E-state index contributed by atoms with van der Waals surface area (Å²) in [5.74, 6) is 0.701. The van der Waals surface area contributed by atoms with E-state index in [0.717, 1.165) is 40.3 Å². The highest BCUT2D eigenvalue weighted by Crippen LogP contribution is 2.35. The average Bonchev–Trinajstić information content (AvgIpc) is 3.00. The van der Waals surface area contributed by atoms with E-state index in [-0.39, 0.29) is 17.9 Å². The molecule has 9 heteroatoms. The normalized spacial score (nSPS) is 20.1. The molecule has 210 valence electrons. The number of ether oxygens (including phenoxy) is 2. The molecule has 3 aromatic rings. The van der Waals surface area contributed by atoms with Crippen LogP contribution >= 0.6 is 0 Å². The third-order valence-corrected chi connectivity index (χ3v) is 7.49. The summed E-state index contributed by atoms with van der Waals surface area (Å²) in [6.07, 6.45) is 2.14. The summed E-state index contributed by atoms with van der Waals surface area (Å²) in [6, 6.07) is 16.9. The maximum absolute atomic E-state index is 13.4. The van der Waals surface area contributed by atoms with E-state index < -0.39 is 11.7 Å². The molecule has 0 saturated carbocycles. The second kappa shape index (κ2) is 12.1. The highest BCUT2D eigenvalue weighted by atomic mass is 19.4. The molecular weight excluding hydrogens is 519 g/mol. The van der Waals surface area contributed by atoms with Gasteiger partial charge in [0.25, 0.3) is 0 Å². The Kier molecular flexibility index (Phi) is 8.40. The van der Waals surface area contributed by atoms with Crippen molar-refractivity contribution >= 4 is 12.1 Å². The first kappa shape index (κ1) is 27.7. The summed E-state index contributed by atoms with van der Waals surface area (Å²) < 4.78 is 50.2. The average molecular weight is 552 g/mol. The number of amides is 2. The van der Waals surface area contributed by atoms with Gasteiger partial charge in [0.05, 0.1) is 31.6 Å². The number of hydrogen-bond acceptors (Lipinski definition) is 4. The molecule has 40 heavy (non-hydrogen) atoms. The minimum Gasteiger partial charge on any atom is -0.496 e. The van der Waals surface area contributed by atoms with Crippen molar-refractivity contribution in [2.45, 2.75) is 18.5 Å². The zero-order chi connectivity index (χ0) is 28.1. The molecule has 0 unspecified atom stereocenters. The van der Waals surface area contributed by atoms with Crippen molar-refractivity contribution in [2.75, 3.05) is 46.5 Å². The number of likely N-dealkylation sites (tertiary alicyclic amines) is 1. The van der Waals surface area contributed by atoms with Crippen LogP contribution < -0.4 is 4.74 Å². The van der Waals surface area contributed by atoms with Gasteiger partial charge in [-0.2, -0.15) is 13.2 Å². The van der Waals surface area contributed by atoms with Crippen LogP contribution in [-0.4, -0.2) is 67.3 Å². The summed E-state index contributed by atoms with van der Waals surface area (Å²) in [7, 11) is 1.64. The van der Waals surface area contributed by atoms with Crippen LogP contribution in [0.4, 0.5) is 18.0 Å². The third-order valence-electron chi connectivity index (χ3n) is 7.49. The first-order valence-electron chi connectivity index (χ1n) is 13.4. The number of rotatable bonds is 5. The van der Waals surface area contributed by atoms with Gasteiger partial charge in [-0.15, -0.1) is 0 Å². The monoisotopic (exact) mass is 551 g/mol. The van der Waals surface area contributed by atoms with Crippen LogP contribution in [-0.2, 0) is 10.9 Å². The number of aromatic nitrogens is 1. The van der Waals surface area contributed by atoms with Gasteiger partial charge in [-0.05, 0) is 48.2 Å². The SMILES string of the molecule is COc1ccccc1-c1ccc(/C=C/[C@@H]2C[C@H](c3ccc(C(F)(F)F)cc3)CN(C(=O)N3CCOCC3)C2)nc1. The Morgan fingerprint density at radius 1 is 1.00 bits per heavy atom. The van der Waals surface area contributed by atoms with Crippen molar-refractivity contribution < 1.29 is 27.4 Å². The zero-order valence-corrected chi connectivity index (χ0v) is 22.3. The van der Waals surface area contributed by atoms with Crippen LogP contribution in [0.25, 0.3) is 17.2 Å². The summed E-state index contributed by atoms with van der Waals surface area (Å²) in [5.41, 5.74) is 2.80. The van der Waals surface area contributed by atoms with E-state index in [1.54, 1.807) is 18.2 Å². The van der Waals surface area contributed by atoms with E-state index in [2.05, 4.69) is 11.1 Å². The minimum absolute atomic E-state index is 0.0155. The van der Waals surface area contributed by atoms with E-state index in [9.17, 15) is 18.0 Å². The lowest BCUT2D eigenvalue weighted by atomic mass is 9.84. The van der Waals surface area contributed by atoms with Gasteiger partial charge in [-0.3, -0.25) is 4.98 Å². The van der Waals surface area contributed by atoms with Crippen molar-refractivity contribution in [3.05, 3.63) is 89.8 Å². The smallest absolute Gasteiger partial charge is 0.416 e. The molecule has 2 aliphatic rings. The van der Waals surface area contributed by atoms with E-state index in [0.29, 0.717) is 45.8 Å². The summed E-state index contributed by atoms with van der Waals surface area (Å²) in [4.78, 5) is 21.6. The first-order valence-corrected chi connectivity index (χ1v) is 13.4. The number of alkyl halides is 3. The summed E-state index contributed by atoms with van der Waals surface area (Å²) in [5, 5.41) is 0. The lowest BCUT2D eigenvalue weighted by Gasteiger charge is -2.40. The Morgan fingerprint density at radius 3 is 2.42 bits per heavy atom. The quantitative estimate of drug-likeness (QED) is 0.371. The predicted molar refractivity (Wildman–Crippen MR) is 147 cm³/mol. The van der Waals surface area contributed by atoms with Crippen molar-refractivity contribution in [1.82, 2.24) is 14.8 Å². The van der Waals surface area contributed by atoms with E-state index in [4.69, 9.17) is 9.47 Å². The molecule has 2 saturated heterocycles.